The van der Waals surface area contributed by atoms with Gasteiger partial charge in [-0.15, -0.1) is 11.6 Å². The predicted octanol–water partition coefficient (Wildman–Crippen LogP) is 2.76. The minimum atomic E-state index is -3.36. The quantitative estimate of drug-likeness (QED) is 0.822. The van der Waals surface area contributed by atoms with Crippen LogP contribution < -0.4 is 5.32 Å². The lowest BCUT2D eigenvalue weighted by molar-refractivity contribution is 0.520. The zero-order valence-electron chi connectivity index (χ0n) is 11.8. The maximum atomic E-state index is 11.9. The van der Waals surface area contributed by atoms with E-state index in [0.717, 1.165) is 12.1 Å². The van der Waals surface area contributed by atoms with Crippen LogP contribution in [0.5, 0.6) is 0 Å². The standard InChI is InChI=1S/C13H21ClN2O2S/c1-13(2,9-10-14)15-11-5-7-12(8-6-11)19(17,18)16(3)4/h5-8,15H,9-10H2,1-4H3. The van der Waals surface area contributed by atoms with Gasteiger partial charge in [0.05, 0.1) is 4.90 Å². The van der Waals surface area contributed by atoms with E-state index in [1.54, 1.807) is 24.3 Å². The Morgan fingerprint density at radius 2 is 1.74 bits per heavy atom. The molecule has 0 aliphatic heterocycles. The van der Waals surface area contributed by atoms with Crippen molar-refractivity contribution in [1.29, 1.82) is 0 Å². The molecule has 0 aliphatic carbocycles. The Morgan fingerprint density at radius 3 is 2.16 bits per heavy atom. The summed E-state index contributed by atoms with van der Waals surface area (Å²) in [6.07, 6.45) is 0.826. The number of hydrogen-bond acceptors (Lipinski definition) is 3. The van der Waals surface area contributed by atoms with Crippen molar-refractivity contribution in [2.45, 2.75) is 30.7 Å². The van der Waals surface area contributed by atoms with Crippen LogP contribution in [-0.4, -0.2) is 38.2 Å². The molecule has 0 saturated heterocycles. The summed E-state index contributed by atoms with van der Waals surface area (Å²) in [4.78, 5) is 0.290. The highest BCUT2D eigenvalue weighted by Gasteiger charge is 2.19. The topological polar surface area (TPSA) is 49.4 Å². The number of hydrogen-bond donors (Lipinski definition) is 1. The van der Waals surface area contributed by atoms with Crippen LogP contribution in [-0.2, 0) is 10.0 Å². The molecule has 0 heterocycles. The minimum Gasteiger partial charge on any atom is -0.380 e. The highest BCUT2D eigenvalue weighted by Crippen LogP contribution is 2.21. The molecule has 0 aromatic heterocycles. The first kappa shape index (κ1) is 16.3. The number of alkyl halides is 1. The molecule has 1 aromatic carbocycles. The molecule has 1 aromatic rings. The summed E-state index contributed by atoms with van der Waals surface area (Å²) in [7, 11) is -0.325. The number of nitrogens with one attached hydrogen (secondary N) is 1. The molecule has 0 unspecified atom stereocenters. The second-order valence-corrected chi connectivity index (χ2v) is 7.79. The molecule has 0 fully saturated rings. The fourth-order valence-electron chi connectivity index (χ4n) is 1.61. The van der Waals surface area contributed by atoms with Crippen molar-refractivity contribution < 1.29 is 8.42 Å². The van der Waals surface area contributed by atoms with Crippen LogP contribution >= 0.6 is 11.6 Å². The van der Waals surface area contributed by atoms with Gasteiger partial charge in [-0.2, -0.15) is 0 Å². The molecular formula is C13H21ClN2O2S. The molecule has 19 heavy (non-hydrogen) atoms. The van der Waals surface area contributed by atoms with E-state index in [4.69, 9.17) is 11.6 Å². The first-order chi connectivity index (χ1) is 8.69. The van der Waals surface area contributed by atoms with Crippen molar-refractivity contribution >= 4 is 27.3 Å². The van der Waals surface area contributed by atoms with Gasteiger partial charge in [0.1, 0.15) is 0 Å². The zero-order valence-corrected chi connectivity index (χ0v) is 13.3. The van der Waals surface area contributed by atoms with Crippen molar-refractivity contribution in [2.75, 3.05) is 25.3 Å². The third-order valence-electron chi connectivity index (χ3n) is 2.84. The van der Waals surface area contributed by atoms with Gasteiger partial charge in [0.2, 0.25) is 10.0 Å². The van der Waals surface area contributed by atoms with Crippen LogP contribution in [0.1, 0.15) is 20.3 Å². The second-order valence-electron chi connectivity index (χ2n) is 5.26. The van der Waals surface area contributed by atoms with Gasteiger partial charge in [0.15, 0.2) is 0 Å². The van der Waals surface area contributed by atoms with Gasteiger partial charge in [0.25, 0.3) is 0 Å². The predicted molar refractivity (Wildman–Crippen MR) is 80.4 cm³/mol. The number of benzene rings is 1. The first-order valence-corrected chi connectivity index (χ1v) is 8.03. The number of nitrogens with zero attached hydrogens (tertiary/aromatic N) is 1. The van der Waals surface area contributed by atoms with E-state index in [1.165, 1.54) is 18.4 Å². The maximum Gasteiger partial charge on any atom is 0.242 e. The molecule has 0 radical (unpaired) electrons. The Kier molecular flexibility index (Phi) is 5.24. The van der Waals surface area contributed by atoms with Crippen LogP contribution in [0.4, 0.5) is 5.69 Å². The van der Waals surface area contributed by atoms with E-state index in [2.05, 4.69) is 19.2 Å². The molecule has 1 N–H and O–H groups in total. The molecule has 0 spiro atoms. The first-order valence-electron chi connectivity index (χ1n) is 6.06. The Bertz CT molecular complexity index is 510. The molecule has 1 rings (SSSR count). The fraction of sp³-hybridized carbons (Fsp3) is 0.538. The van der Waals surface area contributed by atoms with Crippen LogP contribution in [0.15, 0.2) is 29.2 Å². The van der Waals surface area contributed by atoms with Crippen LogP contribution in [0, 0.1) is 0 Å². The lowest BCUT2D eigenvalue weighted by Gasteiger charge is -2.26. The Labute approximate surface area is 120 Å². The van der Waals surface area contributed by atoms with Gasteiger partial charge < -0.3 is 5.32 Å². The van der Waals surface area contributed by atoms with Crippen LogP contribution in [0.25, 0.3) is 0 Å². The lowest BCUT2D eigenvalue weighted by Crippen LogP contribution is -2.31. The van der Waals surface area contributed by atoms with Gasteiger partial charge in [-0.25, -0.2) is 12.7 Å². The van der Waals surface area contributed by atoms with Crippen LogP contribution in [0.2, 0.25) is 0 Å². The highest BCUT2D eigenvalue weighted by atomic mass is 35.5. The fourth-order valence-corrected chi connectivity index (χ4v) is 2.98. The number of rotatable bonds is 6. The summed E-state index contributed by atoms with van der Waals surface area (Å²) < 4.78 is 25.0. The average Bonchev–Trinajstić information content (AvgIpc) is 2.28. The van der Waals surface area contributed by atoms with E-state index in [-0.39, 0.29) is 10.4 Å². The van der Waals surface area contributed by atoms with E-state index in [0.29, 0.717) is 5.88 Å². The molecule has 108 valence electrons. The lowest BCUT2D eigenvalue weighted by atomic mass is 10.0. The number of anilines is 1. The van der Waals surface area contributed by atoms with E-state index < -0.39 is 10.0 Å². The molecular weight excluding hydrogens is 284 g/mol. The normalized spacial score (nSPS) is 12.7. The van der Waals surface area contributed by atoms with Gasteiger partial charge >= 0.3 is 0 Å². The number of sulfonamides is 1. The highest BCUT2D eigenvalue weighted by molar-refractivity contribution is 7.89. The Morgan fingerprint density at radius 1 is 1.21 bits per heavy atom. The smallest absolute Gasteiger partial charge is 0.242 e. The summed E-state index contributed by atoms with van der Waals surface area (Å²) in [6.45, 7) is 4.11. The van der Waals surface area contributed by atoms with E-state index in [9.17, 15) is 8.42 Å². The largest absolute Gasteiger partial charge is 0.380 e. The molecule has 0 atom stereocenters. The Balaban J connectivity index is 2.89. The van der Waals surface area contributed by atoms with Crippen molar-refractivity contribution in [3.8, 4) is 0 Å². The van der Waals surface area contributed by atoms with Crippen molar-refractivity contribution in [3.05, 3.63) is 24.3 Å². The maximum absolute atomic E-state index is 11.9. The van der Waals surface area contributed by atoms with Gasteiger partial charge in [-0.1, -0.05) is 0 Å². The minimum absolute atomic E-state index is 0.121. The van der Waals surface area contributed by atoms with Crippen molar-refractivity contribution in [3.63, 3.8) is 0 Å². The van der Waals surface area contributed by atoms with Crippen molar-refractivity contribution in [1.82, 2.24) is 4.31 Å². The summed E-state index contributed by atoms with van der Waals surface area (Å²) in [5.41, 5.74) is 0.761. The van der Waals surface area contributed by atoms with Crippen LogP contribution in [0.3, 0.4) is 0 Å². The summed E-state index contributed by atoms with van der Waals surface area (Å²) in [5.74, 6) is 0.576. The van der Waals surface area contributed by atoms with Gasteiger partial charge in [-0.05, 0) is 44.5 Å². The zero-order chi connectivity index (χ0) is 14.7. The molecule has 0 aliphatic rings. The third-order valence-corrected chi connectivity index (χ3v) is 4.85. The molecule has 4 nitrogen and oxygen atoms in total. The Hall–Kier alpha value is -0.780. The molecule has 0 amide bonds. The van der Waals surface area contributed by atoms with E-state index in [1.807, 2.05) is 0 Å². The summed E-state index contributed by atoms with van der Waals surface area (Å²) in [6, 6.07) is 6.75. The third kappa shape index (κ3) is 4.37. The summed E-state index contributed by atoms with van der Waals surface area (Å²) in [5, 5.41) is 3.33. The summed E-state index contributed by atoms with van der Waals surface area (Å²) >= 11 is 5.75. The average molecular weight is 305 g/mol. The monoisotopic (exact) mass is 304 g/mol. The second kappa shape index (κ2) is 6.11. The molecule has 0 saturated carbocycles. The SMILES string of the molecule is CN(C)S(=O)(=O)c1ccc(NC(C)(C)CCCl)cc1. The van der Waals surface area contributed by atoms with Gasteiger partial charge in [-0.3, -0.25) is 0 Å². The van der Waals surface area contributed by atoms with Gasteiger partial charge in [0, 0.05) is 31.2 Å². The molecule has 6 heteroatoms. The number of halogens is 1. The molecule has 0 bridgehead atoms. The van der Waals surface area contributed by atoms with Crippen molar-refractivity contribution in [2.24, 2.45) is 0 Å². The van der Waals surface area contributed by atoms with E-state index >= 15 is 0 Å².